The van der Waals surface area contributed by atoms with Crippen LogP contribution in [-0.2, 0) is 11.2 Å². The van der Waals surface area contributed by atoms with Crippen molar-refractivity contribution in [2.45, 2.75) is 51.7 Å². The molecule has 0 saturated heterocycles. The molecule has 3 aromatic rings. The van der Waals surface area contributed by atoms with Gasteiger partial charge in [-0.1, -0.05) is 69.2 Å². The first-order valence-electron chi connectivity index (χ1n) is 11.5. The van der Waals surface area contributed by atoms with Crippen molar-refractivity contribution in [2.75, 3.05) is 0 Å². The van der Waals surface area contributed by atoms with Gasteiger partial charge in [-0.15, -0.1) is 0 Å². The van der Waals surface area contributed by atoms with E-state index < -0.39 is 29.9 Å². The van der Waals surface area contributed by atoms with Crippen LogP contribution in [0.3, 0.4) is 0 Å². The first-order chi connectivity index (χ1) is 15.9. The van der Waals surface area contributed by atoms with E-state index in [4.69, 9.17) is 5.73 Å². The van der Waals surface area contributed by atoms with E-state index in [0.29, 0.717) is 17.5 Å². The largest absolute Gasteiger partial charge is 0.391 e. The van der Waals surface area contributed by atoms with Crippen molar-refractivity contribution in [1.82, 2.24) is 15.3 Å². The zero-order chi connectivity index (χ0) is 23.8. The fraction of sp³-hybridized carbons (Fsp3) is 0.385. The maximum atomic E-state index is 13.0. The molecule has 2 amide bonds. The van der Waals surface area contributed by atoms with Gasteiger partial charge in [0.2, 0.25) is 5.91 Å². The molecule has 1 heterocycles. The molecule has 3 atom stereocenters. The maximum absolute atomic E-state index is 13.0. The molecule has 3 rings (SSSR count). The first-order valence-corrected chi connectivity index (χ1v) is 11.5. The van der Waals surface area contributed by atoms with Crippen molar-refractivity contribution >= 4 is 22.8 Å². The Morgan fingerprint density at radius 3 is 2.27 bits per heavy atom. The minimum Gasteiger partial charge on any atom is -0.391 e. The Kier molecular flexibility index (Phi) is 8.49. The highest BCUT2D eigenvalue weighted by molar-refractivity contribution is 5.94. The number of carbonyl (C=O) groups is 2. The summed E-state index contributed by atoms with van der Waals surface area (Å²) in [6.45, 7) is 4.02. The highest BCUT2D eigenvalue weighted by Crippen LogP contribution is 2.25. The lowest BCUT2D eigenvalue weighted by atomic mass is 9.81. The van der Waals surface area contributed by atoms with E-state index in [-0.39, 0.29) is 18.0 Å². The van der Waals surface area contributed by atoms with Crippen molar-refractivity contribution in [2.24, 2.45) is 17.6 Å². The number of aliphatic hydroxyl groups excluding tert-OH is 1. The van der Waals surface area contributed by atoms with E-state index >= 15 is 0 Å². The number of hydrogen-bond acceptors (Lipinski definition) is 5. The number of aliphatic hydroxyl groups is 1. The van der Waals surface area contributed by atoms with Crippen LogP contribution in [0.25, 0.3) is 11.0 Å². The van der Waals surface area contributed by atoms with E-state index in [9.17, 15) is 14.7 Å². The summed E-state index contributed by atoms with van der Waals surface area (Å²) in [5.74, 6) is -1.23. The van der Waals surface area contributed by atoms with Crippen molar-refractivity contribution in [3.63, 3.8) is 0 Å². The molecule has 0 fully saturated rings. The van der Waals surface area contributed by atoms with Crippen LogP contribution in [0.5, 0.6) is 0 Å². The zero-order valence-corrected chi connectivity index (χ0v) is 19.1. The molecule has 0 aliphatic rings. The van der Waals surface area contributed by atoms with Gasteiger partial charge in [0.25, 0.3) is 5.91 Å². The molecule has 0 saturated carbocycles. The molecular weight excluding hydrogens is 416 g/mol. The van der Waals surface area contributed by atoms with Gasteiger partial charge in [0.05, 0.1) is 29.4 Å². The molecule has 174 valence electrons. The van der Waals surface area contributed by atoms with Crippen LogP contribution in [0.2, 0.25) is 0 Å². The fourth-order valence-electron chi connectivity index (χ4n) is 4.28. The van der Waals surface area contributed by atoms with Gasteiger partial charge in [-0.2, -0.15) is 0 Å². The second-order valence-corrected chi connectivity index (χ2v) is 8.40. The van der Waals surface area contributed by atoms with Crippen LogP contribution >= 0.6 is 0 Å². The molecule has 0 spiro atoms. The van der Waals surface area contributed by atoms with Gasteiger partial charge < -0.3 is 16.2 Å². The lowest BCUT2D eigenvalue weighted by Crippen LogP contribution is -2.47. The Morgan fingerprint density at radius 1 is 1.00 bits per heavy atom. The van der Waals surface area contributed by atoms with Crippen LogP contribution in [-0.4, -0.2) is 39.0 Å². The molecule has 2 aromatic carbocycles. The predicted octanol–water partition coefficient (Wildman–Crippen LogP) is 3.26. The molecule has 0 bridgehead atoms. The van der Waals surface area contributed by atoms with E-state index in [0.717, 1.165) is 18.4 Å². The average Bonchev–Trinajstić information content (AvgIpc) is 2.83. The van der Waals surface area contributed by atoms with Crippen LogP contribution in [0.1, 0.15) is 49.2 Å². The van der Waals surface area contributed by atoms with Gasteiger partial charge >= 0.3 is 0 Å². The standard InChI is InChI=1S/C26H32N4O3/c1-3-18(4-2)19(25(27)32)15-24(31)22(14-17-10-6-5-7-11-17)30-26(33)23-16-28-20-12-8-9-13-21(20)29-23/h5-13,16,18-19,22,24,31H,3-4,14-15H2,1-2H3,(H2,27,32)(H,30,33)/t19-,22+,24+/m1/s1. The Morgan fingerprint density at radius 2 is 1.64 bits per heavy atom. The zero-order valence-electron chi connectivity index (χ0n) is 19.1. The molecule has 33 heavy (non-hydrogen) atoms. The molecule has 0 radical (unpaired) electrons. The van der Waals surface area contributed by atoms with E-state index in [2.05, 4.69) is 15.3 Å². The normalized spacial score (nSPS) is 14.1. The van der Waals surface area contributed by atoms with Gasteiger partial charge in [0, 0.05) is 5.92 Å². The second-order valence-electron chi connectivity index (χ2n) is 8.40. The van der Waals surface area contributed by atoms with Gasteiger partial charge in [0.1, 0.15) is 5.69 Å². The third kappa shape index (κ3) is 6.35. The molecule has 7 heteroatoms. The third-order valence-electron chi connectivity index (χ3n) is 6.24. The minimum absolute atomic E-state index is 0.0802. The highest BCUT2D eigenvalue weighted by Gasteiger charge is 2.31. The van der Waals surface area contributed by atoms with Crippen molar-refractivity contribution in [3.8, 4) is 0 Å². The molecule has 4 N–H and O–H groups in total. The van der Waals surface area contributed by atoms with Crippen molar-refractivity contribution < 1.29 is 14.7 Å². The summed E-state index contributed by atoms with van der Waals surface area (Å²) >= 11 is 0. The summed E-state index contributed by atoms with van der Waals surface area (Å²) in [7, 11) is 0. The number of carbonyl (C=O) groups excluding carboxylic acids is 2. The van der Waals surface area contributed by atoms with Crippen LogP contribution in [0.4, 0.5) is 0 Å². The first kappa shape index (κ1) is 24.3. The summed E-state index contributed by atoms with van der Waals surface area (Å²) in [4.78, 5) is 33.9. The van der Waals surface area contributed by atoms with Crippen LogP contribution < -0.4 is 11.1 Å². The van der Waals surface area contributed by atoms with Gasteiger partial charge in [-0.25, -0.2) is 4.98 Å². The quantitative estimate of drug-likeness (QED) is 0.416. The third-order valence-corrected chi connectivity index (χ3v) is 6.24. The SMILES string of the molecule is CCC(CC)[C@@H](C[C@H](O)[C@H](Cc1ccccc1)NC(=O)c1cnc2ccccc2n1)C(N)=O. The molecule has 7 nitrogen and oxygen atoms in total. The molecule has 0 aliphatic carbocycles. The molecular formula is C26H32N4O3. The van der Waals surface area contributed by atoms with Gasteiger partial charge in [0.15, 0.2) is 0 Å². The summed E-state index contributed by atoms with van der Waals surface area (Å²) in [6.07, 6.45) is 2.64. The van der Waals surface area contributed by atoms with E-state index in [1.54, 1.807) is 6.07 Å². The number of benzene rings is 2. The predicted molar refractivity (Wildman–Crippen MR) is 128 cm³/mol. The fourth-order valence-corrected chi connectivity index (χ4v) is 4.28. The smallest absolute Gasteiger partial charge is 0.271 e. The summed E-state index contributed by atoms with van der Waals surface area (Å²) in [6, 6.07) is 16.3. The molecule has 0 aliphatic heterocycles. The number of nitrogens with one attached hydrogen (secondary N) is 1. The second kappa shape index (κ2) is 11.5. The number of aromatic nitrogens is 2. The number of rotatable bonds is 11. The summed E-state index contributed by atoms with van der Waals surface area (Å²) in [5, 5.41) is 14.1. The number of para-hydroxylation sites is 2. The maximum Gasteiger partial charge on any atom is 0.271 e. The van der Waals surface area contributed by atoms with E-state index in [1.165, 1.54) is 6.20 Å². The summed E-state index contributed by atoms with van der Waals surface area (Å²) < 4.78 is 0. The van der Waals surface area contributed by atoms with Crippen LogP contribution in [0, 0.1) is 11.8 Å². The number of primary amides is 1. The van der Waals surface area contributed by atoms with Gasteiger partial charge in [-0.3, -0.25) is 14.6 Å². The Labute approximate surface area is 194 Å². The monoisotopic (exact) mass is 448 g/mol. The average molecular weight is 449 g/mol. The number of nitrogens with two attached hydrogens (primary N) is 1. The van der Waals surface area contributed by atoms with Gasteiger partial charge in [-0.05, 0) is 36.5 Å². The number of amides is 2. The minimum atomic E-state index is -0.958. The van der Waals surface area contributed by atoms with E-state index in [1.807, 2.05) is 62.4 Å². The topological polar surface area (TPSA) is 118 Å². The van der Waals surface area contributed by atoms with Crippen molar-refractivity contribution in [1.29, 1.82) is 0 Å². The molecule has 1 aromatic heterocycles. The van der Waals surface area contributed by atoms with Crippen LogP contribution in [0.15, 0.2) is 60.8 Å². The Bertz CT molecular complexity index is 1070. The number of hydrogen-bond donors (Lipinski definition) is 3. The van der Waals surface area contributed by atoms with Crippen molar-refractivity contribution in [3.05, 3.63) is 72.1 Å². The lowest BCUT2D eigenvalue weighted by molar-refractivity contribution is -0.125. The Balaban J connectivity index is 1.83. The highest BCUT2D eigenvalue weighted by atomic mass is 16.3. The summed E-state index contributed by atoms with van der Waals surface area (Å²) in [5.41, 5.74) is 8.13. The molecule has 0 unspecified atom stereocenters. The number of fused-ring (bicyclic) bond motifs is 1. The Hall–Kier alpha value is -3.32. The number of nitrogens with zero attached hydrogens (tertiary/aromatic N) is 2. The lowest BCUT2D eigenvalue weighted by Gasteiger charge is -2.29.